The number of amides is 1. The summed E-state index contributed by atoms with van der Waals surface area (Å²) in [5, 5.41) is 0. The molecule has 2 fully saturated rings. The Hall–Kier alpha value is -2.43. The number of aromatic nitrogens is 2. The first-order chi connectivity index (χ1) is 12.3. The highest BCUT2D eigenvalue weighted by Gasteiger charge is 2.35. The van der Waals surface area contributed by atoms with Crippen LogP contribution in [0.3, 0.4) is 0 Å². The molecule has 0 bridgehead atoms. The molecular weight excluding hydrogens is 312 g/mol. The monoisotopic (exact) mass is 336 g/mol. The maximum absolute atomic E-state index is 13.2. The first kappa shape index (κ1) is 16.1. The van der Waals surface area contributed by atoms with Gasteiger partial charge in [-0.15, -0.1) is 0 Å². The molecule has 0 saturated carbocycles. The molecule has 25 heavy (non-hydrogen) atoms. The second-order valence-electron chi connectivity index (χ2n) is 6.94. The highest BCUT2D eigenvalue weighted by Crippen LogP contribution is 2.34. The van der Waals surface area contributed by atoms with E-state index in [-0.39, 0.29) is 12.0 Å². The van der Waals surface area contributed by atoms with Crippen molar-refractivity contribution in [3.8, 4) is 0 Å². The molecule has 1 amide bonds. The Morgan fingerprint density at radius 3 is 2.64 bits per heavy atom. The van der Waals surface area contributed by atoms with Crippen LogP contribution in [0.5, 0.6) is 0 Å². The lowest BCUT2D eigenvalue weighted by atomic mass is 9.95. The van der Waals surface area contributed by atoms with Gasteiger partial charge in [-0.25, -0.2) is 4.98 Å². The lowest BCUT2D eigenvalue weighted by Crippen LogP contribution is -2.45. The average molecular weight is 336 g/mol. The van der Waals surface area contributed by atoms with Crippen molar-refractivity contribution in [1.82, 2.24) is 14.9 Å². The lowest BCUT2D eigenvalue weighted by Gasteiger charge is -2.36. The van der Waals surface area contributed by atoms with Gasteiger partial charge in [0.1, 0.15) is 5.82 Å². The summed E-state index contributed by atoms with van der Waals surface area (Å²) in [4.78, 5) is 26.1. The second kappa shape index (κ2) is 7.21. The third kappa shape index (κ3) is 3.36. The summed E-state index contributed by atoms with van der Waals surface area (Å²) in [6.45, 7) is 2.62. The maximum atomic E-state index is 13.2. The van der Waals surface area contributed by atoms with Gasteiger partial charge < -0.3 is 9.80 Å². The molecule has 2 aliphatic heterocycles. The highest BCUT2D eigenvalue weighted by atomic mass is 16.2. The highest BCUT2D eigenvalue weighted by molar-refractivity contribution is 5.80. The SMILES string of the molecule is O=C([C@@H]1CCCN(c2ccccn2)C1)N1CCC[C@@H]1c1ccncc1. The first-order valence-electron chi connectivity index (χ1n) is 9.19. The summed E-state index contributed by atoms with van der Waals surface area (Å²) in [7, 11) is 0. The van der Waals surface area contributed by atoms with Gasteiger partial charge in [-0.2, -0.15) is 0 Å². The molecule has 0 N–H and O–H groups in total. The number of anilines is 1. The summed E-state index contributed by atoms with van der Waals surface area (Å²) in [6, 6.07) is 10.3. The molecule has 0 aromatic carbocycles. The standard InChI is InChI=1S/C20H24N4O/c25-20(24-14-4-6-18(24)16-8-11-21-12-9-16)17-5-3-13-23(15-17)19-7-1-2-10-22-19/h1-2,7-12,17-18H,3-6,13-15H2/t17-,18-/m1/s1. The number of hydrogen-bond acceptors (Lipinski definition) is 4. The van der Waals surface area contributed by atoms with Crippen LogP contribution < -0.4 is 4.90 Å². The van der Waals surface area contributed by atoms with Gasteiger partial charge in [-0.05, 0) is 55.5 Å². The average Bonchev–Trinajstić information content (AvgIpc) is 3.19. The van der Waals surface area contributed by atoms with Crippen molar-refractivity contribution in [1.29, 1.82) is 0 Å². The summed E-state index contributed by atoms with van der Waals surface area (Å²) in [5.74, 6) is 1.35. The van der Waals surface area contributed by atoms with E-state index in [0.717, 1.165) is 51.1 Å². The summed E-state index contributed by atoms with van der Waals surface area (Å²) in [5.41, 5.74) is 1.21. The van der Waals surface area contributed by atoms with Crippen LogP contribution in [-0.4, -0.2) is 40.4 Å². The molecule has 0 unspecified atom stereocenters. The van der Waals surface area contributed by atoms with Crippen molar-refractivity contribution in [3.05, 3.63) is 54.5 Å². The Balaban J connectivity index is 1.48. The van der Waals surface area contributed by atoms with Crippen LogP contribution in [0.4, 0.5) is 5.82 Å². The predicted octanol–water partition coefficient (Wildman–Crippen LogP) is 3.06. The lowest BCUT2D eigenvalue weighted by molar-refractivity contribution is -0.136. The Kier molecular flexibility index (Phi) is 4.63. The van der Waals surface area contributed by atoms with E-state index in [9.17, 15) is 4.79 Å². The van der Waals surface area contributed by atoms with Gasteiger partial charge >= 0.3 is 0 Å². The van der Waals surface area contributed by atoms with Crippen LogP contribution >= 0.6 is 0 Å². The first-order valence-corrected chi connectivity index (χ1v) is 9.19. The molecule has 0 aliphatic carbocycles. The molecule has 4 rings (SSSR count). The normalized spacial score (nSPS) is 23.7. The van der Waals surface area contributed by atoms with E-state index in [4.69, 9.17) is 0 Å². The van der Waals surface area contributed by atoms with Crippen molar-refractivity contribution in [2.45, 2.75) is 31.7 Å². The molecular formula is C20H24N4O. The van der Waals surface area contributed by atoms with Crippen LogP contribution in [0.25, 0.3) is 0 Å². The third-order valence-electron chi connectivity index (χ3n) is 5.37. The van der Waals surface area contributed by atoms with Crippen molar-refractivity contribution in [3.63, 3.8) is 0 Å². The summed E-state index contributed by atoms with van der Waals surface area (Å²) >= 11 is 0. The largest absolute Gasteiger partial charge is 0.356 e. The zero-order valence-corrected chi connectivity index (χ0v) is 14.4. The van der Waals surface area contributed by atoms with Crippen molar-refractivity contribution >= 4 is 11.7 Å². The summed E-state index contributed by atoms with van der Waals surface area (Å²) in [6.07, 6.45) is 9.60. The third-order valence-corrected chi connectivity index (χ3v) is 5.37. The second-order valence-corrected chi connectivity index (χ2v) is 6.94. The zero-order chi connectivity index (χ0) is 17.1. The molecule has 4 heterocycles. The minimum absolute atomic E-state index is 0.0678. The minimum atomic E-state index is 0.0678. The van der Waals surface area contributed by atoms with Gasteiger partial charge in [0.25, 0.3) is 0 Å². The zero-order valence-electron chi connectivity index (χ0n) is 14.4. The Labute approximate surface area is 148 Å². The van der Waals surface area contributed by atoms with Gasteiger partial charge in [0.05, 0.1) is 12.0 Å². The molecule has 2 aromatic rings. The number of likely N-dealkylation sites (tertiary alicyclic amines) is 1. The molecule has 5 heteroatoms. The number of nitrogens with zero attached hydrogens (tertiary/aromatic N) is 4. The van der Waals surface area contributed by atoms with Crippen LogP contribution in [0.15, 0.2) is 48.9 Å². The fraction of sp³-hybridized carbons (Fsp3) is 0.450. The maximum Gasteiger partial charge on any atom is 0.227 e. The Morgan fingerprint density at radius 2 is 1.84 bits per heavy atom. The number of pyridine rings is 2. The minimum Gasteiger partial charge on any atom is -0.356 e. The Morgan fingerprint density at radius 1 is 1.00 bits per heavy atom. The molecule has 2 aliphatic rings. The molecule has 0 radical (unpaired) electrons. The van der Waals surface area contributed by atoms with Crippen LogP contribution in [0.2, 0.25) is 0 Å². The van der Waals surface area contributed by atoms with Gasteiger partial charge in [0.2, 0.25) is 5.91 Å². The molecule has 130 valence electrons. The molecule has 5 nitrogen and oxygen atoms in total. The molecule has 2 atom stereocenters. The van der Waals surface area contributed by atoms with Gasteiger partial charge in [-0.3, -0.25) is 9.78 Å². The van der Waals surface area contributed by atoms with Gasteiger partial charge in [0.15, 0.2) is 0 Å². The molecule has 2 saturated heterocycles. The fourth-order valence-electron chi connectivity index (χ4n) is 4.12. The molecule has 2 aromatic heterocycles. The van der Waals surface area contributed by atoms with Gasteiger partial charge in [0, 0.05) is 38.2 Å². The van der Waals surface area contributed by atoms with Crippen molar-refractivity contribution in [2.75, 3.05) is 24.5 Å². The topological polar surface area (TPSA) is 49.3 Å². The van der Waals surface area contributed by atoms with Crippen molar-refractivity contribution < 1.29 is 4.79 Å². The number of piperidine rings is 1. The van der Waals surface area contributed by atoms with Gasteiger partial charge in [-0.1, -0.05) is 6.07 Å². The molecule has 0 spiro atoms. The van der Waals surface area contributed by atoms with Crippen LogP contribution in [0, 0.1) is 5.92 Å². The van der Waals surface area contributed by atoms with E-state index in [2.05, 4.69) is 19.8 Å². The van der Waals surface area contributed by atoms with Crippen LogP contribution in [-0.2, 0) is 4.79 Å². The Bertz CT molecular complexity index is 706. The fourth-order valence-corrected chi connectivity index (χ4v) is 4.12. The van der Waals surface area contributed by atoms with Crippen LogP contribution in [0.1, 0.15) is 37.3 Å². The van der Waals surface area contributed by atoms with E-state index < -0.39 is 0 Å². The smallest absolute Gasteiger partial charge is 0.227 e. The predicted molar refractivity (Wildman–Crippen MR) is 97.1 cm³/mol. The number of carbonyl (C=O) groups excluding carboxylic acids is 1. The quantitative estimate of drug-likeness (QED) is 0.864. The number of rotatable bonds is 3. The van der Waals surface area contributed by atoms with E-state index >= 15 is 0 Å². The van der Waals surface area contributed by atoms with E-state index in [1.165, 1.54) is 5.56 Å². The number of carbonyl (C=O) groups is 1. The van der Waals surface area contributed by atoms with E-state index in [0.29, 0.717) is 5.91 Å². The van der Waals surface area contributed by atoms with E-state index in [1.807, 2.05) is 48.9 Å². The van der Waals surface area contributed by atoms with Crippen molar-refractivity contribution in [2.24, 2.45) is 5.92 Å². The number of hydrogen-bond donors (Lipinski definition) is 0. The summed E-state index contributed by atoms with van der Waals surface area (Å²) < 4.78 is 0. The van der Waals surface area contributed by atoms with E-state index in [1.54, 1.807) is 0 Å².